The third-order valence-corrected chi connectivity index (χ3v) is 3.93. The first kappa shape index (κ1) is 18.3. The predicted octanol–water partition coefficient (Wildman–Crippen LogP) is 4.99. The van der Waals surface area contributed by atoms with Crippen molar-refractivity contribution in [2.75, 3.05) is 13.2 Å². The van der Waals surface area contributed by atoms with Gasteiger partial charge in [0.15, 0.2) is 0 Å². The van der Waals surface area contributed by atoms with Crippen molar-refractivity contribution in [3.05, 3.63) is 65.7 Å². The van der Waals surface area contributed by atoms with Gasteiger partial charge in [0.25, 0.3) is 0 Å². The molecule has 0 saturated heterocycles. The Morgan fingerprint density at radius 3 is 2.17 bits per heavy atom. The maximum atomic E-state index is 12.5. The Kier molecular flexibility index (Phi) is 6.26. The van der Waals surface area contributed by atoms with E-state index in [1.165, 1.54) is 17.7 Å². The van der Waals surface area contributed by atoms with E-state index in [2.05, 4.69) is 30.9 Å². The first-order valence-electron chi connectivity index (χ1n) is 7.98. The van der Waals surface area contributed by atoms with Gasteiger partial charge < -0.3 is 4.74 Å². The number of ether oxygens (including phenoxy) is 1. The zero-order valence-corrected chi connectivity index (χ0v) is 13.9. The molecule has 0 fully saturated rings. The molecule has 0 bridgehead atoms. The van der Waals surface area contributed by atoms with Crippen LogP contribution in [-0.2, 0) is 12.7 Å². The van der Waals surface area contributed by atoms with Crippen LogP contribution in [0.2, 0.25) is 0 Å². The summed E-state index contributed by atoms with van der Waals surface area (Å²) in [4.78, 5) is 2.26. The highest BCUT2D eigenvalue weighted by molar-refractivity contribution is 5.28. The van der Waals surface area contributed by atoms with E-state index in [4.69, 9.17) is 4.74 Å². The Labute approximate surface area is 140 Å². The predicted molar refractivity (Wildman–Crippen MR) is 88.9 cm³/mol. The summed E-state index contributed by atoms with van der Waals surface area (Å²) in [5, 5.41) is 0. The van der Waals surface area contributed by atoms with Gasteiger partial charge in [-0.15, -0.1) is 0 Å². The zero-order valence-electron chi connectivity index (χ0n) is 13.9. The topological polar surface area (TPSA) is 12.5 Å². The van der Waals surface area contributed by atoms with Crippen LogP contribution in [-0.4, -0.2) is 24.1 Å². The van der Waals surface area contributed by atoms with Crippen LogP contribution in [0.1, 0.15) is 25.0 Å². The first-order chi connectivity index (χ1) is 11.4. The fraction of sp³-hybridized carbons (Fsp3) is 0.368. The number of halogens is 3. The van der Waals surface area contributed by atoms with Crippen molar-refractivity contribution in [3.63, 3.8) is 0 Å². The molecule has 0 aliphatic rings. The second kappa shape index (κ2) is 8.20. The summed E-state index contributed by atoms with van der Waals surface area (Å²) < 4.78 is 43.3. The molecule has 0 saturated carbocycles. The van der Waals surface area contributed by atoms with Crippen molar-refractivity contribution in [3.8, 4) is 5.75 Å². The monoisotopic (exact) mass is 337 g/mol. The molecule has 2 rings (SSSR count). The van der Waals surface area contributed by atoms with Gasteiger partial charge in [0.2, 0.25) is 0 Å². The minimum atomic E-state index is -4.32. The van der Waals surface area contributed by atoms with Crippen molar-refractivity contribution in [1.29, 1.82) is 0 Å². The van der Waals surface area contributed by atoms with E-state index < -0.39 is 11.7 Å². The summed E-state index contributed by atoms with van der Waals surface area (Å²) in [5.41, 5.74) is 0.558. The highest BCUT2D eigenvalue weighted by atomic mass is 19.4. The Balaban J connectivity index is 1.90. The third kappa shape index (κ3) is 5.27. The van der Waals surface area contributed by atoms with Crippen LogP contribution in [0.15, 0.2) is 54.6 Å². The van der Waals surface area contributed by atoms with Crippen LogP contribution in [0, 0.1) is 0 Å². The third-order valence-electron chi connectivity index (χ3n) is 3.93. The van der Waals surface area contributed by atoms with Crippen molar-refractivity contribution < 1.29 is 17.9 Å². The number of alkyl halides is 3. The van der Waals surface area contributed by atoms with Gasteiger partial charge in [0, 0.05) is 12.6 Å². The molecular formula is C19H22F3NO. The largest absolute Gasteiger partial charge is 0.492 e. The van der Waals surface area contributed by atoms with E-state index in [-0.39, 0.29) is 6.04 Å². The number of benzene rings is 2. The van der Waals surface area contributed by atoms with Gasteiger partial charge in [-0.3, -0.25) is 4.90 Å². The molecule has 2 aromatic rings. The van der Waals surface area contributed by atoms with Gasteiger partial charge in [-0.05, 0) is 43.3 Å². The van der Waals surface area contributed by atoms with E-state index in [1.54, 1.807) is 0 Å². The lowest BCUT2D eigenvalue weighted by molar-refractivity contribution is -0.137. The van der Waals surface area contributed by atoms with E-state index >= 15 is 0 Å². The maximum Gasteiger partial charge on any atom is 0.416 e. The lowest BCUT2D eigenvalue weighted by Crippen LogP contribution is -2.36. The van der Waals surface area contributed by atoms with Crippen LogP contribution in [0.4, 0.5) is 13.2 Å². The lowest BCUT2D eigenvalue weighted by Gasteiger charge is -2.28. The molecule has 5 heteroatoms. The minimum Gasteiger partial charge on any atom is -0.492 e. The van der Waals surface area contributed by atoms with Crippen molar-refractivity contribution >= 4 is 0 Å². The van der Waals surface area contributed by atoms with E-state index in [0.717, 1.165) is 25.2 Å². The Bertz CT molecular complexity index is 611. The summed E-state index contributed by atoms with van der Waals surface area (Å²) in [6.07, 6.45) is -4.32. The Hall–Kier alpha value is -2.01. The Morgan fingerprint density at radius 1 is 1.00 bits per heavy atom. The summed E-state index contributed by atoms with van der Waals surface area (Å²) in [7, 11) is 0. The van der Waals surface area contributed by atoms with Gasteiger partial charge >= 0.3 is 6.18 Å². The molecule has 0 aliphatic heterocycles. The Morgan fingerprint density at radius 2 is 1.62 bits per heavy atom. The molecule has 0 amide bonds. The quantitative estimate of drug-likeness (QED) is 0.705. The fourth-order valence-electron chi connectivity index (χ4n) is 2.46. The molecule has 0 N–H and O–H groups in total. The summed E-state index contributed by atoms with van der Waals surface area (Å²) in [6, 6.07) is 15.1. The zero-order chi connectivity index (χ0) is 17.6. The van der Waals surface area contributed by atoms with Gasteiger partial charge in [-0.25, -0.2) is 0 Å². The van der Waals surface area contributed by atoms with Gasteiger partial charge in [-0.1, -0.05) is 37.3 Å². The van der Waals surface area contributed by atoms with E-state index in [9.17, 15) is 13.2 Å². The van der Waals surface area contributed by atoms with Crippen molar-refractivity contribution in [2.45, 2.75) is 32.6 Å². The molecule has 130 valence electrons. The molecule has 2 nitrogen and oxygen atoms in total. The average Bonchev–Trinajstić information content (AvgIpc) is 2.58. The molecule has 0 unspecified atom stereocenters. The summed E-state index contributed by atoms with van der Waals surface area (Å²) in [5.74, 6) is 0.450. The minimum absolute atomic E-state index is 0.150. The molecule has 0 spiro atoms. The normalized spacial score (nSPS) is 13.1. The maximum absolute atomic E-state index is 12.5. The van der Waals surface area contributed by atoms with E-state index in [0.29, 0.717) is 12.4 Å². The van der Waals surface area contributed by atoms with Gasteiger partial charge in [0.1, 0.15) is 12.4 Å². The number of likely N-dealkylation sites (N-methyl/N-ethyl adjacent to an activating group) is 1. The van der Waals surface area contributed by atoms with Gasteiger partial charge in [-0.2, -0.15) is 13.2 Å². The lowest BCUT2D eigenvalue weighted by atomic mass is 10.2. The number of hydrogen-bond donors (Lipinski definition) is 0. The molecule has 1 atom stereocenters. The standard InChI is InChI=1S/C19H22F3NO/c1-3-23(13-16-7-5-4-6-8-16)15(2)14-24-18-11-9-17(10-12-18)19(20,21)22/h4-12,15H,3,13-14H2,1-2H3/t15-/m0/s1. The molecule has 24 heavy (non-hydrogen) atoms. The molecule has 0 heterocycles. The van der Waals surface area contributed by atoms with Crippen LogP contribution < -0.4 is 4.74 Å². The summed E-state index contributed by atoms with van der Waals surface area (Å²) in [6.45, 7) is 6.24. The smallest absolute Gasteiger partial charge is 0.416 e. The molecular weight excluding hydrogens is 315 g/mol. The van der Waals surface area contributed by atoms with Crippen LogP contribution in [0.5, 0.6) is 5.75 Å². The highest BCUT2D eigenvalue weighted by Gasteiger charge is 2.30. The van der Waals surface area contributed by atoms with E-state index in [1.807, 2.05) is 18.2 Å². The SMILES string of the molecule is CCN(Cc1ccccc1)[C@@H](C)COc1ccc(C(F)(F)F)cc1. The second-order valence-electron chi connectivity index (χ2n) is 5.73. The molecule has 0 radical (unpaired) electrons. The van der Waals surface area contributed by atoms with Crippen LogP contribution in [0.3, 0.4) is 0 Å². The second-order valence-corrected chi connectivity index (χ2v) is 5.73. The van der Waals surface area contributed by atoms with Crippen LogP contribution >= 0.6 is 0 Å². The fourth-order valence-corrected chi connectivity index (χ4v) is 2.46. The van der Waals surface area contributed by atoms with Crippen molar-refractivity contribution in [2.24, 2.45) is 0 Å². The van der Waals surface area contributed by atoms with Crippen LogP contribution in [0.25, 0.3) is 0 Å². The number of hydrogen-bond acceptors (Lipinski definition) is 2. The number of nitrogens with zero attached hydrogens (tertiary/aromatic N) is 1. The highest BCUT2D eigenvalue weighted by Crippen LogP contribution is 2.30. The molecule has 0 aliphatic carbocycles. The van der Waals surface area contributed by atoms with Gasteiger partial charge in [0.05, 0.1) is 5.56 Å². The number of rotatable bonds is 7. The average molecular weight is 337 g/mol. The summed E-state index contributed by atoms with van der Waals surface area (Å²) >= 11 is 0. The van der Waals surface area contributed by atoms with Crippen molar-refractivity contribution in [1.82, 2.24) is 4.90 Å². The first-order valence-corrected chi connectivity index (χ1v) is 7.98. The molecule has 0 aromatic heterocycles. The molecule has 2 aromatic carbocycles.